The lowest BCUT2D eigenvalue weighted by molar-refractivity contribution is 0.719. The summed E-state index contributed by atoms with van der Waals surface area (Å²) in [6.07, 6.45) is 9.41. The van der Waals surface area contributed by atoms with Crippen LogP contribution in [-0.2, 0) is 0 Å². The number of pyridine rings is 2. The van der Waals surface area contributed by atoms with E-state index in [1.165, 1.54) is 16.8 Å². The van der Waals surface area contributed by atoms with E-state index in [0.717, 1.165) is 30.9 Å². The molecule has 3 heterocycles. The molecule has 2 N–H and O–H groups in total. The summed E-state index contributed by atoms with van der Waals surface area (Å²) in [6.45, 7) is 0. The Bertz CT molecular complexity index is 1010. The SMILES string of the molecule is O=c1ccc(Cl)cn1-c1ccc(N[C@H]2CC[C@H](Nc3cnc(Cl)cn3)C2)nc1. The van der Waals surface area contributed by atoms with Crippen molar-refractivity contribution in [1.29, 1.82) is 0 Å². The number of rotatable bonds is 5. The van der Waals surface area contributed by atoms with Crippen molar-refractivity contribution in [1.82, 2.24) is 19.5 Å². The first kappa shape index (κ1) is 18.7. The monoisotopic (exact) mass is 416 g/mol. The van der Waals surface area contributed by atoms with Crippen LogP contribution in [0, 0.1) is 0 Å². The lowest BCUT2D eigenvalue weighted by Crippen LogP contribution is -2.21. The van der Waals surface area contributed by atoms with Gasteiger partial charge in [-0.25, -0.2) is 15.0 Å². The molecule has 3 aromatic rings. The molecule has 1 aliphatic carbocycles. The van der Waals surface area contributed by atoms with Crippen LogP contribution in [0.5, 0.6) is 0 Å². The van der Waals surface area contributed by atoms with Gasteiger partial charge in [-0.3, -0.25) is 9.36 Å². The molecule has 9 heteroatoms. The fraction of sp³-hybridized carbons (Fsp3) is 0.263. The predicted octanol–water partition coefficient (Wildman–Crippen LogP) is 3.77. The van der Waals surface area contributed by atoms with Crippen molar-refractivity contribution >= 4 is 34.8 Å². The fourth-order valence-corrected chi connectivity index (χ4v) is 3.58. The van der Waals surface area contributed by atoms with E-state index in [9.17, 15) is 4.79 Å². The Hall–Kier alpha value is -2.64. The van der Waals surface area contributed by atoms with Crippen LogP contribution in [0.3, 0.4) is 0 Å². The highest BCUT2D eigenvalue weighted by molar-refractivity contribution is 6.30. The molecule has 144 valence electrons. The van der Waals surface area contributed by atoms with Crippen molar-refractivity contribution in [2.24, 2.45) is 0 Å². The third kappa shape index (κ3) is 4.43. The second-order valence-corrected chi connectivity index (χ2v) is 7.50. The molecule has 2 atom stereocenters. The second kappa shape index (κ2) is 8.16. The van der Waals surface area contributed by atoms with E-state index in [4.69, 9.17) is 23.2 Å². The zero-order valence-corrected chi connectivity index (χ0v) is 16.4. The first-order chi connectivity index (χ1) is 13.6. The van der Waals surface area contributed by atoms with Crippen LogP contribution in [0.2, 0.25) is 10.2 Å². The molecule has 0 bridgehead atoms. The van der Waals surface area contributed by atoms with E-state index in [1.807, 2.05) is 12.1 Å². The van der Waals surface area contributed by atoms with Crippen molar-refractivity contribution in [3.63, 3.8) is 0 Å². The Morgan fingerprint density at radius 3 is 2.32 bits per heavy atom. The van der Waals surface area contributed by atoms with Crippen molar-refractivity contribution in [2.75, 3.05) is 10.6 Å². The predicted molar refractivity (Wildman–Crippen MR) is 111 cm³/mol. The van der Waals surface area contributed by atoms with Gasteiger partial charge in [0, 0.05) is 24.3 Å². The molecule has 0 saturated heterocycles. The van der Waals surface area contributed by atoms with Gasteiger partial charge in [-0.15, -0.1) is 0 Å². The summed E-state index contributed by atoms with van der Waals surface area (Å²) in [5.41, 5.74) is 0.521. The quantitative estimate of drug-likeness (QED) is 0.658. The third-order valence-electron chi connectivity index (χ3n) is 4.66. The van der Waals surface area contributed by atoms with Gasteiger partial charge in [0.2, 0.25) is 0 Å². The summed E-state index contributed by atoms with van der Waals surface area (Å²) < 4.78 is 1.47. The number of hydrogen-bond donors (Lipinski definition) is 2. The normalized spacial score (nSPS) is 18.8. The maximum absolute atomic E-state index is 12.0. The molecule has 0 aliphatic heterocycles. The zero-order valence-electron chi connectivity index (χ0n) is 14.8. The Labute approximate surface area is 171 Å². The first-order valence-electron chi connectivity index (χ1n) is 8.92. The van der Waals surface area contributed by atoms with E-state index >= 15 is 0 Å². The van der Waals surface area contributed by atoms with Crippen molar-refractivity contribution in [3.8, 4) is 5.69 Å². The molecule has 0 amide bonds. The van der Waals surface area contributed by atoms with Gasteiger partial charge in [0.25, 0.3) is 5.56 Å². The molecule has 7 nitrogen and oxygen atoms in total. The van der Waals surface area contributed by atoms with E-state index in [1.54, 1.807) is 24.7 Å². The number of hydrogen-bond acceptors (Lipinski definition) is 6. The Balaban J connectivity index is 1.36. The standard InChI is InChI=1S/C19H18Cl2N6O/c20-12-1-6-19(28)27(11-12)15-4-5-17(23-8-15)25-13-2-3-14(7-13)26-18-10-22-16(21)9-24-18/h1,4-6,8-11,13-14H,2-3,7H2,(H,23,25)(H,24,26)/t13-,14-/m0/s1. The molecule has 28 heavy (non-hydrogen) atoms. The van der Waals surface area contributed by atoms with Gasteiger partial charge in [0.1, 0.15) is 16.8 Å². The van der Waals surface area contributed by atoms with Gasteiger partial charge in [-0.2, -0.15) is 0 Å². The summed E-state index contributed by atoms with van der Waals surface area (Å²) in [4.78, 5) is 24.7. The van der Waals surface area contributed by atoms with Gasteiger partial charge in [-0.1, -0.05) is 23.2 Å². The summed E-state index contributed by atoms with van der Waals surface area (Å²) in [7, 11) is 0. The van der Waals surface area contributed by atoms with Crippen LogP contribution < -0.4 is 16.2 Å². The van der Waals surface area contributed by atoms with Crippen molar-refractivity contribution < 1.29 is 0 Å². The van der Waals surface area contributed by atoms with Crippen LogP contribution in [0.15, 0.2) is 53.8 Å². The fourth-order valence-electron chi connectivity index (χ4n) is 3.33. The third-order valence-corrected chi connectivity index (χ3v) is 5.08. The minimum absolute atomic E-state index is 0.151. The topological polar surface area (TPSA) is 84.7 Å². The molecule has 1 aliphatic rings. The average molecular weight is 417 g/mol. The summed E-state index contributed by atoms with van der Waals surface area (Å²) in [5, 5.41) is 7.71. The van der Waals surface area contributed by atoms with Crippen molar-refractivity contribution in [3.05, 3.63) is 69.6 Å². The van der Waals surface area contributed by atoms with Crippen molar-refractivity contribution in [2.45, 2.75) is 31.3 Å². The molecular formula is C19H18Cl2N6O. The number of aromatic nitrogens is 4. The maximum atomic E-state index is 12.0. The summed E-state index contributed by atoms with van der Waals surface area (Å²) >= 11 is 11.7. The highest BCUT2D eigenvalue weighted by Gasteiger charge is 2.25. The van der Waals surface area contributed by atoms with E-state index in [0.29, 0.717) is 27.9 Å². The van der Waals surface area contributed by atoms with Crippen LogP contribution in [-0.4, -0.2) is 31.6 Å². The lowest BCUT2D eigenvalue weighted by atomic mass is 10.2. The molecular weight excluding hydrogens is 399 g/mol. The molecule has 1 saturated carbocycles. The number of anilines is 2. The minimum atomic E-state index is -0.151. The Morgan fingerprint density at radius 2 is 1.64 bits per heavy atom. The molecule has 4 rings (SSSR count). The van der Waals surface area contributed by atoms with E-state index in [2.05, 4.69) is 25.6 Å². The van der Waals surface area contributed by atoms with E-state index < -0.39 is 0 Å². The Morgan fingerprint density at radius 1 is 0.893 bits per heavy atom. The van der Waals surface area contributed by atoms with Gasteiger partial charge in [0.05, 0.1) is 29.3 Å². The van der Waals surface area contributed by atoms with Gasteiger partial charge in [0.15, 0.2) is 0 Å². The highest BCUT2D eigenvalue weighted by atomic mass is 35.5. The highest BCUT2D eigenvalue weighted by Crippen LogP contribution is 2.25. The van der Waals surface area contributed by atoms with Crippen LogP contribution in [0.4, 0.5) is 11.6 Å². The molecule has 3 aromatic heterocycles. The zero-order chi connectivity index (χ0) is 19.5. The first-order valence-corrected chi connectivity index (χ1v) is 9.68. The Kier molecular flexibility index (Phi) is 5.45. The van der Waals surface area contributed by atoms with Gasteiger partial charge < -0.3 is 10.6 Å². The smallest absolute Gasteiger partial charge is 0.255 e. The molecule has 0 aromatic carbocycles. The number of nitrogens with one attached hydrogen (secondary N) is 2. The van der Waals surface area contributed by atoms with Crippen LogP contribution in [0.25, 0.3) is 5.69 Å². The van der Waals surface area contributed by atoms with Crippen LogP contribution >= 0.6 is 23.2 Å². The lowest BCUT2D eigenvalue weighted by Gasteiger charge is -2.15. The molecule has 0 radical (unpaired) electrons. The molecule has 1 fully saturated rings. The largest absolute Gasteiger partial charge is 0.367 e. The second-order valence-electron chi connectivity index (χ2n) is 6.68. The van der Waals surface area contributed by atoms with E-state index in [-0.39, 0.29) is 5.56 Å². The number of halogens is 2. The average Bonchev–Trinajstić information content (AvgIpc) is 3.13. The summed E-state index contributed by atoms with van der Waals surface area (Å²) in [5.74, 6) is 1.50. The molecule has 0 unspecified atom stereocenters. The van der Waals surface area contributed by atoms with Crippen LogP contribution in [0.1, 0.15) is 19.3 Å². The molecule has 0 spiro atoms. The minimum Gasteiger partial charge on any atom is -0.367 e. The van der Waals surface area contributed by atoms with Gasteiger partial charge >= 0.3 is 0 Å². The van der Waals surface area contributed by atoms with Gasteiger partial charge in [-0.05, 0) is 37.5 Å². The maximum Gasteiger partial charge on any atom is 0.255 e. The number of nitrogens with zero attached hydrogens (tertiary/aromatic N) is 4. The summed E-state index contributed by atoms with van der Waals surface area (Å²) in [6, 6.07) is 7.35.